The minimum atomic E-state index is -0.441. The Hall–Kier alpha value is -0.120. The molecule has 0 atom stereocenters. The third-order valence-corrected chi connectivity index (χ3v) is 4.70. The maximum Gasteiger partial charge on any atom is 0.0566 e. The third kappa shape index (κ3) is 6.24. The van der Waals surface area contributed by atoms with Gasteiger partial charge in [0.1, 0.15) is 0 Å². The summed E-state index contributed by atoms with van der Waals surface area (Å²) >= 11 is 0. The van der Waals surface area contributed by atoms with Crippen LogP contribution in [0.15, 0.2) is 0 Å². The summed E-state index contributed by atoms with van der Waals surface area (Å²) in [6.07, 6.45) is 11.6. The van der Waals surface area contributed by atoms with Crippen molar-refractivity contribution in [3.63, 3.8) is 0 Å². The monoisotopic (exact) mass is 272 g/mol. The molecule has 0 bridgehead atoms. The van der Waals surface area contributed by atoms with E-state index in [0.29, 0.717) is 6.61 Å². The zero-order chi connectivity index (χ0) is 14.0. The smallest absolute Gasteiger partial charge is 0.0566 e. The van der Waals surface area contributed by atoms with Crippen molar-refractivity contribution in [1.29, 1.82) is 0 Å². The van der Waals surface area contributed by atoms with Crippen molar-refractivity contribution < 1.29 is 14.9 Å². The summed E-state index contributed by atoms with van der Waals surface area (Å²) in [5, 5.41) is 18.6. The predicted octanol–water partition coefficient (Wildman–Crippen LogP) is 3.13. The van der Waals surface area contributed by atoms with Crippen molar-refractivity contribution >= 4 is 0 Å². The van der Waals surface area contributed by atoms with Crippen LogP contribution in [0.3, 0.4) is 0 Å². The molecule has 0 radical (unpaired) electrons. The molecule has 1 saturated carbocycles. The first-order chi connectivity index (χ1) is 9.26. The summed E-state index contributed by atoms with van der Waals surface area (Å²) in [5.74, 6) is 0.957. The standard InChI is InChI=1S/C16H32O3/c1-2-16(12-17,13-18)14-19-11-7-6-10-15-8-4-3-5-9-15/h15,17-18H,2-14H2,1H3. The number of unbranched alkanes of at least 4 members (excludes halogenated alkanes) is 1. The SMILES string of the molecule is CCC(CO)(CO)COCCCCC1CCCCC1. The highest BCUT2D eigenvalue weighted by atomic mass is 16.5. The Kier molecular flexibility index (Phi) is 8.67. The first-order valence-electron chi connectivity index (χ1n) is 8.06. The summed E-state index contributed by atoms with van der Waals surface area (Å²) in [5.41, 5.74) is -0.441. The molecule has 0 saturated heterocycles. The number of hydrogen-bond acceptors (Lipinski definition) is 3. The number of aliphatic hydroxyl groups is 2. The van der Waals surface area contributed by atoms with Crippen molar-refractivity contribution in [1.82, 2.24) is 0 Å². The molecule has 0 unspecified atom stereocenters. The molecule has 0 aromatic carbocycles. The van der Waals surface area contributed by atoms with Crippen LogP contribution in [0, 0.1) is 11.3 Å². The lowest BCUT2D eigenvalue weighted by atomic mass is 9.86. The number of ether oxygens (including phenoxy) is 1. The average Bonchev–Trinajstić information content (AvgIpc) is 2.48. The van der Waals surface area contributed by atoms with E-state index >= 15 is 0 Å². The van der Waals surface area contributed by atoms with Gasteiger partial charge >= 0.3 is 0 Å². The molecule has 19 heavy (non-hydrogen) atoms. The second kappa shape index (κ2) is 9.73. The van der Waals surface area contributed by atoms with Crippen LogP contribution in [-0.2, 0) is 4.74 Å². The fourth-order valence-electron chi connectivity index (χ4n) is 2.87. The number of rotatable bonds is 10. The van der Waals surface area contributed by atoms with Crippen molar-refractivity contribution in [2.45, 2.75) is 64.7 Å². The highest BCUT2D eigenvalue weighted by Crippen LogP contribution is 2.27. The maximum absolute atomic E-state index is 9.31. The summed E-state index contributed by atoms with van der Waals surface area (Å²) < 4.78 is 5.64. The molecule has 0 aromatic heterocycles. The molecular weight excluding hydrogens is 240 g/mol. The molecular formula is C16H32O3. The Morgan fingerprint density at radius 1 is 1.05 bits per heavy atom. The van der Waals surface area contributed by atoms with E-state index in [9.17, 15) is 10.2 Å². The maximum atomic E-state index is 9.31. The van der Waals surface area contributed by atoms with Crippen LogP contribution < -0.4 is 0 Å². The molecule has 114 valence electrons. The number of hydrogen-bond donors (Lipinski definition) is 2. The van der Waals surface area contributed by atoms with Gasteiger partial charge < -0.3 is 14.9 Å². The van der Waals surface area contributed by atoms with Gasteiger partial charge in [-0.15, -0.1) is 0 Å². The first kappa shape index (κ1) is 16.9. The van der Waals surface area contributed by atoms with E-state index in [1.807, 2.05) is 6.92 Å². The molecule has 1 aliphatic carbocycles. The molecule has 1 aliphatic rings. The Morgan fingerprint density at radius 3 is 2.32 bits per heavy atom. The van der Waals surface area contributed by atoms with E-state index in [1.165, 1.54) is 44.9 Å². The molecule has 3 nitrogen and oxygen atoms in total. The van der Waals surface area contributed by atoms with Gasteiger partial charge in [-0.05, 0) is 18.8 Å². The molecule has 3 heteroatoms. The van der Waals surface area contributed by atoms with E-state index in [1.54, 1.807) is 0 Å². The first-order valence-corrected chi connectivity index (χ1v) is 8.06. The molecule has 0 spiro atoms. The minimum Gasteiger partial charge on any atom is -0.396 e. The van der Waals surface area contributed by atoms with Crippen LogP contribution in [0.4, 0.5) is 0 Å². The third-order valence-electron chi connectivity index (χ3n) is 4.70. The molecule has 1 fully saturated rings. The highest BCUT2D eigenvalue weighted by Gasteiger charge is 2.26. The van der Waals surface area contributed by atoms with Crippen molar-refractivity contribution in [2.75, 3.05) is 26.4 Å². The molecule has 2 N–H and O–H groups in total. The van der Waals surface area contributed by atoms with E-state index < -0.39 is 5.41 Å². The summed E-state index contributed by atoms with van der Waals surface area (Å²) in [7, 11) is 0. The van der Waals surface area contributed by atoms with Gasteiger partial charge in [0.25, 0.3) is 0 Å². The lowest BCUT2D eigenvalue weighted by Gasteiger charge is -2.28. The molecule has 0 heterocycles. The zero-order valence-electron chi connectivity index (χ0n) is 12.6. The fourth-order valence-corrected chi connectivity index (χ4v) is 2.87. The Balaban J connectivity index is 2.01. The largest absolute Gasteiger partial charge is 0.396 e. The van der Waals surface area contributed by atoms with Crippen LogP contribution in [0.25, 0.3) is 0 Å². The second-order valence-electron chi connectivity index (χ2n) is 6.22. The average molecular weight is 272 g/mol. The summed E-state index contributed by atoms with van der Waals surface area (Å²) in [6.45, 7) is 3.22. The van der Waals surface area contributed by atoms with E-state index in [-0.39, 0.29) is 13.2 Å². The van der Waals surface area contributed by atoms with Crippen molar-refractivity contribution in [2.24, 2.45) is 11.3 Å². The van der Waals surface area contributed by atoms with E-state index in [2.05, 4.69) is 0 Å². The second-order valence-corrected chi connectivity index (χ2v) is 6.22. The predicted molar refractivity (Wildman–Crippen MR) is 78.1 cm³/mol. The topological polar surface area (TPSA) is 49.7 Å². The van der Waals surface area contributed by atoms with E-state index in [4.69, 9.17) is 4.74 Å². The molecule has 1 rings (SSSR count). The van der Waals surface area contributed by atoms with Gasteiger partial charge in [-0.3, -0.25) is 0 Å². The van der Waals surface area contributed by atoms with Crippen molar-refractivity contribution in [3.05, 3.63) is 0 Å². The Bertz CT molecular complexity index is 200. The van der Waals surface area contributed by atoms with Gasteiger partial charge in [-0.2, -0.15) is 0 Å². The fraction of sp³-hybridized carbons (Fsp3) is 1.00. The number of aliphatic hydroxyl groups excluding tert-OH is 2. The van der Waals surface area contributed by atoms with Crippen LogP contribution >= 0.6 is 0 Å². The lowest BCUT2D eigenvalue weighted by Crippen LogP contribution is -2.34. The van der Waals surface area contributed by atoms with Crippen LogP contribution in [0.5, 0.6) is 0 Å². The van der Waals surface area contributed by atoms with Gasteiger partial charge in [-0.1, -0.05) is 51.9 Å². The zero-order valence-corrected chi connectivity index (χ0v) is 12.6. The van der Waals surface area contributed by atoms with Gasteiger partial charge in [0.05, 0.1) is 19.8 Å². The van der Waals surface area contributed by atoms with Crippen LogP contribution in [0.2, 0.25) is 0 Å². The Morgan fingerprint density at radius 2 is 1.74 bits per heavy atom. The van der Waals surface area contributed by atoms with Crippen LogP contribution in [-0.4, -0.2) is 36.6 Å². The highest BCUT2D eigenvalue weighted by molar-refractivity contribution is 4.75. The summed E-state index contributed by atoms with van der Waals surface area (Å²) in [6, 6.07) is 0. The Labute approximate surface area is 118 Å². The van der Waals surface area contributed by atoms with Gasteiger partial charge in [0.2, 0.25) is 0 Å². The van der Waals surface area contributed by atoms with Gasteiger partial charge in [0, 0.05) is 12.0 Å². The molecule has 0 amide bonds. The van der Waals surface area contributed by atoms with Gasteiger partial charge in [-0.25, -0.2) is 0 Å². The van der Waals surface area contributed by atoms with Crippen molar-refractivity contribution in [3.8, 4) is 0 Å². The van der Waals surface area contributed by atoms with E-state index in [0.717, 1.165) is 25.4 Å². The molecule has 0 aliphatic heterocycles. The van der Waals surface area contributed by atoms with Gasteiger partial charge in [0.15, 0.2) is 0 Å². The minimum absolute atomic E-state index is 0.00206. The lowest BCUT2D eigenvalue weighted by molar-refractivity contribution is -0.0307. The quantitative estimate of drug-likeness (QED) is 0.601. The molecule has 0 aromatic rings. The van der Waals surface area contributed by atoms with Crippen LogP contribution in [0.1, 0.15) is 64.7 Å². The normalized spacial score (nSPS) is 17.8. The summed E-state index contributed by atoms with van der Waals surface area (Å²) in [4.78, 5) is 0.